The summed E-state index contributed by atoms with van der Waals surface area (Å²) in [5, 5.41) is 2.26. The molecule has 0 saturated heterocycles. The van der Waals surface area contributed by atoms with Crippen molar-refractivity contribution in [1.29, 1.82) is 0 Å². The standard InChI is InChI=1S/C24H16N2.2ClHO4.Ru/c1-3-7-17(8-4-1)19-13-15-25-23-21(19)11-12-22-20(14-16-26-24(22)23)18-9-5-2-6-10-18;2*2-1(3,4)5;/h1-16H;2*(H,2,3,4,5);/q;;;+2/p-2. The zero-order valence-electron chi connectivity index (χ0n) is 18.5. The molecule has 10 nitrogen and oxygen atoms in total. The summed E-state index contributed by atoms with van der Waals surface area (Å²) >= 11 is 0. The Morgan fingerprint density at radius 3 is 1.03 bits per heavy atom. The Hall–Kier alpha value is -2.64. The molecule has 0 aliphatic heterocycles. The Morgan fingerprint density at radius 1 is 0.432 bits per heavy atom. The minimum absolute atomic E-state index is 0. The van der Waals surface area contributed by atoms with Gasteiger partial charge in [-0.05, 0) is 34.4 Å². The van der Waals surface area contributed by atoms with Gasteiger partial charge in [0.25, 0.3) is 0 Å². The number of pyridine rings is 2. The molecule has 192 valence electrons. The van der Waals surface area contributed by atoms with E-state index < -0.39 is 20.5 Å². The van der Waals surface area contributed by atoms with E-state index in [4.69, 9.17) is 37.3 Å². The Bertz CT molecular complexity index is 1310. The summed E-state index contributed by atoms with van der Waals surface area (Å²) in [5.41, 5.74) is 6.65. The van der Waals surface area contributed by atoms with Gasteiger partial charge >= 0.3 is 19.5 Å². The second-order valence-electron chi connectivity index (χ2n) is 7.06. The zero-order chi connectivity index (χ0) is 26.3. The Morgan fingerprint density at radius 2 is 0.730 bits per heavy atom. The van der Waals surface area contributed by atoms with Crippen LogP contribution in [0.15, 0.2) is 97.3 Å². The minimum Gasteiger partial charge on any atom is -0.254 e. The van der Waals surface area contributed by atoms with Crippen LogP contribution in [-0.4, -0.2) is 9.97 Å². The summed E-state index contributed by atoms with van der Waals surface area (Å²) in [6.45, 7) is 0. The smallest absolute Gasteiger partial charge is 0.254 e. The van der Waals surface area contributed by atoms with Crippen LogP contribution in [0.4, 0.5) is 0 Å². The number of aromatic nitrogens is 2. The van der Waals surface area contributed by atoms with E-state index in [1.54, 1.807) is 0 Å². The minimum atomic E-state index is -4.94. The van der Waals surface area contributed by atoms with Crippen LogP contribution in [0.5, 0.6) is 0 Å². The van der Waals surface area contributed by atoms with Crippen LogP contribution in [0.25, 0.3) is 44.1 Å². The molecular weight excluding hydrogens is 616 g/mol. The third kappa shape index (κ3) is 9.63. The Kier molecular flexibility index (Phi) is 10.9. The van der Waals surface area contributed by atoms with E-state index in [0.29, 0.717) is 0 Å². The number of fused-ring (bicyclic) bond motifs is 3. The predicted octanol–water partition coefficient (Wildman–Crippen LogP) is -3.40. The molecule has 3 aromatic carbocycles. The van der Waals surface area contributed by atoms with E-state index in [0.717, 1.165) is 21.8 Å². The molecule has 0 atom stereocenters. The van der Waals surface area contributed by atoms with Gasteiger partial charge in [-0.25, -0.2) is 37.3 Å². The van der Waals surface area contributed by atoms with Crippen LogP contribution in [0, 0.1) is 20.5 Å². The number of rotatable bonds is 2. The number of hydrogen-bond acceptors (Lipinski definition) is 10. The molecule has 13 heteroatoms. The van der Waals surface area contributed by atoms with Crippen molar-refractivity contribution in [2.75, 3.05) is 0 Å². The molecule has 2 heterocycles. The van der Waals surface area contributed by atoms with Gasteiger partial charge in [0.1, 0.15) is 0 Å². The van der Waals surface area contributed by atoms with Gasteiger partial charge in [0.15, 0.2) is 0 Å². The molecular formula is C24H16Cl2N2O8Ru. The topological polar surface area (TPSA) is 210 Å². The number of hydrogen-bond donors (Lipinski definition) is 0. The number of benzene rings is 3. The molecule has 0 unspecified atom stereocenters. The normalized spacial score (nSPS) is 11.0. The summed E-state index contributed by atoms with van der Waals surface area (Å²) in [6, 6.07) is 29.3. The maximum atomic E-state index is 8.49. The van der Waals surface area contributed by atoms with Crippen LogP contribution >= 0.6 is 0 Å². The first-order valence-electron chi connectivity index (χ1n) is 9.92. The molecule has 0 amide bonds. The van der Waals surface area contributed by atoms with Crippen molar-refractivity contribution in [3.05, 3.63) is 97.3 Å². The molecule has 0 N–H and O–H groups in total. The first-order valence-corrected chi connectivity index (χ1v) is 12.4. The Balaban J connectivity index is 0.000000377. The molecule has 0 radical (unpaired) electrons. The van der Waals surface area contributed by atoms with E-state index in [2.05, 4.69) is 82.8 Å². The monoisotopic (exact) mass is 632 g/mol. The maximum Gasteiger partial charge on any atom is 2.00 e. The molecule has 0 saturated carbocycles. The van der Waals surface area contributed by atoms with Crippen LogP contribution in [0.1, 0.15) is 0 Å². The van der Waals surface area contributed by atoms with Crippen molar-refractivity contribution >= 4 is 21.8 Å². The number of nitrogens with zero attached hydrogens (tertiary/aromatic N) is 2. The van der Waals surface area contributed by atoms with Crippen molar-refractivity contribution in [3.8, 4) is 22.3 Å². The van der Waals surface area contributed by atoms with Gasteiger partial charge in [-0.2, -0.15) is 0 Å². The van der Waals surface area contributed by atoms with Crippen molar-refractivity contribution in [2.24, 2.45) is 0 Å². The second-order valence-corrected chi connectivity index (χ2v) is 8.57. The van der Waals surface area contributed by atoms with E-state index in [1.807, 2.05) is 24.5 Å². The van der Waals surface area contributed by atoms with Crippen LogP contribution in [0.3, 0.4) is 0 Å². The summed E-state index contributed by atoms with van der Waals surface area (Å²) in [5.74, 6) is 0. The quantitative estimate of drug-likeness (QED) is 0.139. The van der Waals surface area contributed by atoms with Crippen LogP contribution in [0.2, 0.25) is 0 Å². The molecule has 0 fully saturated rings. The fourth-order valence-electron chi connectivity index (χ4n) is 3.57. The van der Waals surface area contributed by atoms with Crippen molar-refractivity contribution < 1.29 is 77.2 Å². The van der Waals surface area contributed by atoms with Crippen LogP contribution < -0.4 is 37.3 Å². The average molecular weight is 632 g/mol. The van der Waals surface area contributed by atoms with Crippen molar-refractivity contribution in [1.82, 2.24) is 9.97 Å². The molecule has 0 spiro atoms. The average Bonchev–Trinajstić information content (AvgIpc) is 2.82. The second kappa shape index (κ2) is 13.2. The van der Waals surface area contributed by atoms with Gasteiger partial charge in [-0.3, -0.25) is 9.97 Å². The predicted molar refractivity (Wildman–Crippen MR) is 108 cm³/mol. The van der Waals surface area contributed by atoms with E-state index in [9.17, 15) is 0 Å². The fourth-order valence-corrected chi connectivity index (χ4v) is 3.57. The largest absolute Gasteiger partial charge is 2.00 e. The van der Waals surface area contributed by atoms with Crippen molar-refractivity contribution in [3.63, 3.8) is 0 Å². The molecule has 5 rings (SSSR count). The van der Waals surface area contributed by atoms with Crippen molar-refractivity contribution in [2.45, 2.75) is 0 Å². The SMILES string of the molecule is [O-][Cl+3]([O-])([O-])[O-].[O-][Cl+3]([O-])([O-])[O-].[Ru+2].c1ccc(-c2ccnc3c2ccc2c(-c4ccccc4)ccnc23)cc1. The molecule has 2 aromatic heterocycles. The first kappa shape index (κ1) is 30.6. The summed E-state index contributed by atoms with van der Waals surface area (Å²) < 4.78 is 67.9. The summed E-state index contributed by atoms with van der Waals surface area (Å²) in [4.78, 5) is 9.34. The molecule has 0 bridgehead atoms. The zero-order valence-corrected chi connectivity index (χ0v) is 21.8. The maximum absolute atomic E-state index is 8.49. The van der Waals surface area contributed by atoms with E-state index in [-0.39, 0.29) is 19.5 Å². The number of halogens is 2. The molecule has 5 aromatic rings. The molecule has 37 heavy (non-hydrogen) atoms. The van der Waals surface area contributed by atoms with Gasteiger partial charge in [-0.15, -0.1) is 20.5 Å². The molecule has 0 aliphatic carbocycles. The van der Waals surface area contributed by atoms with Gasteiger partial charge in [0.05, 0.1) is 11.0 Å². The fraction of sp³-hybridized carbons (Fsp3) is 0. The summed E-state index contributed by atoms with van der Waals surface area (Å²) in [6.07, 6.45) is 3.75. The van der Waals surface area contributed by atoms with E-state index in [1.165, 1.54) is 22.3 Å². The van der Waals surface area contributed by atoms with Crippen LogP contribution in [-0.2, 0) is 19.5 Å². The van der Waals surface area contributed by atoms with Gasteiger partial charge in [0, 0.05) is 23.2 Å². The third-order valence-corrected chi connectivity index (χ3v) is 4.79. The third-order valence-electron chi connectivity index (χ3n) is 4.79. The summed E-state index contributed by atoms with van der Waals surface area (Å²) in [7, 11) is -9.89. The van der Waals surface area contributed by atoms with Gasteiger partial charge in [-0.1, -0.05) is 72.8 Å². The Labute approximate surface area is 228 Å². The first-order chi connectivity index (χ1) is 16.9. The van der Waals surface area contributed by atoms with E-state index >= 15 is 0 Å². The van der Waals surface area contributed by atoms with Gasteiger partial charge in [0.2, 0.25) is 0 Å². The molecule has 0 aliphatic rings. The van der Waals surface area contributed by atoms with Gasteiger partial charge < -0.3 is 0 Å².